The van der Waals surface area contributed by atoms with Crippen molar-refractivity contribution in [3.8, 4) is 44.5 Å². The predicted octanol–water partition coefficient (Wildman–Crippen LogP) is 15.3. The first-order chi connectivity index (χ1) is 37.4. The van der Waals surface area contributed by atoms with E-state index in [0.717, 1.165) is 11.4 Å². The summed E-state index contributed by atoms with van der Waals surface area (Å²) in [7, 11) is 0. The zero-order chi connectivity index (χ0) is 50.2. The Labute approximate surface area is 442 Å². The summed E-state index contributed by atoms with van der Waals surface area (Å²) in [5, 5.41) is 5.20. The first-order valence-electron chi connectivity index (χ1n) is 26.8. The summed E-state index contributed by atoms with van der Waals surface area (Å²) in [4.78, 5) is 5.03. The van der Waals surface area contributed by atoms with E-state index in [4.69, 9.17) is 0 Å². The molecule has 0 bridgehead atoms. The Morgan fingerprint density at radius 3 is 1.29 bits per heavy atom. The summed E-state index contributed by atoms with van der Waals surface area (Å²) in [6, 6.07) is 83.0. The lowest BCUT2D eigenvalue weighted by Gasteiger charge is -2.41. The third-order valence-corrected chi connectivity index (χ3v) is 17.6. The minimum Gasteiger partial charge on any atom is -0.375 e. The van der Waals surface area contributed by atoms with Crippen LogP contribution in [0.1, 0.15) is 22.3 Å². The van der Waals surface area contributed by atoms with Gasteiger partial charge in [0.2, 0.25) is 0 Å². The highest BCUT2D eigenvalue weighted by Crippen LogP contribution is 2.56. The van der Waals surface area contributed by atoms with Crippen LogP contribution in [0.3, 0.4) is 0 Å². The smallest absolute Gasteiger partial charge is 0.333 e. The van der Waals surface area contributed by atoms with Gasteiger partial charge in [-0.05, 0) is 172 Å². The fourth-order valence-corrected chi connectivity index (χ4v) is 14.9. The van der Waals surface area contributed by atoms with Gasteiger partial charge in [0.05, 0.1) is 0 Å². The van der Waals surface area contributed by atoms with Crippen LogP contribution in [0.5, 0.6) is 0 Å². The van der Waals surface area contributed by atoms with Crippen molar-refractivity contribution in [3.63, 3.8) is 0 Å². The van der Waals surface area contributed by atoms with Crippen LogP contribution < -0.4 is 31.7 Å². The van der Waals surface area contributed by atoms with Crippen LogP contribution in [-0.2, 0) is 0 Å². The number of fused-ring (bicyclic) bond motifs is 16. The zero-order valence-corrected chi connectivity index (χ0v) is 42.7. The van der Waals surface area contributed by atoms with Crippen LogP contribution >= 0.6 is 0 Å². The van der Waals surface area contributed by atoms with Gasteiger partial charge in [0.25, 0.3) is 0 Å². The molecule has 0 saturated carbocycles. The molecule has 4 nitrogen and oxygen atoms in total. The molecule has 13 aromatic rings. The maximum Gasteiger partial charge on any atom is 0.333 e. The Morgan fingerprint density at radius 2 is 0.763 bits per heavy atom. The Bertz CT molecular complexity index is 4700. The van der Waals surface area contributed by atoms with Crippen molar-refractivity contribution in [2.45, 2.75) is 27.7 Å². The first-order valence-corrected chi connectivity index (χ1v) is 26.8. The van der Waals surface area contributed by atoms with Gasteiger partial charge in [0.1, 0.15) is 0 Å². The molecule has 2 aromatic heterocycles. The molecule has 11 aromatic carbocycles. The first kappa shape index (κ1) is 42.1. The van der Waals surface area contributed by atoms with Crippen LogP contribution in [0, 0.1) is 27.7 Å². The summed E-state index contributed by atoms with van der Waals surface area (Å²) < 4.78 is 5.56. The van der Waals surface area contributed by atoms with Crippen LogP contribution in [0.25, 0.3) is 88.1 Å². The zero-order valence-electron chi connectivity index (χ0n) is 42.7. The molecule has 4 aliphatic rings. The molecule has 6 heteroatoms. The summed E-state index contributed by atoms with van der Waals surface area (Å²) >= 11 is 0. The van der Waals surface area contributed by atoms with Gasteiger partial charge < -0.3 is 18.8 Å². The molecule has 0 spiro atoms. The van der Waals surface area contributed by atoms with E-state index < -0.39 is 0 Å². The minimum atomic E-state index is -0.0921. The van der Waals surface area contributed by atoms with Gasteiger partial charge in [-0.3, -0.25) is 0 Å². The summed E-state index contributed by atoms with van der Waals surface area (Å²) in [6.45, 7) is 8.85. The number of aromatic nitrogens is 2. The number of aryl methyl sites for hydroxylation is 4. The molecule has 0 radical (unpaired) electrons. The van der Waals surface area contributed by atoms with Crippen molar-refractivity contribution in [2.24, 2.45) is 0 Å². The molecule has 354 valence electrons. The third kappa shape index (κ3) is 5.35. The van der Waals surface area contributed by atoms with E-state index in [1.54, 1.807) is 0 Å². The Balaban J connectivity index is 1.12. The van der Waals surface area contributed by atoms with Crippen molar-refractivity contribution >= 4 is 113 Å². The Hall–Kier alpha value is -9.25. The van der Waals surface area contributed by atoms with Crippen LogP contribution in [-0.4, -0.2) is 22.7 Å². The van der Waals surface area contributed by atoms with Gasteiger partial charge in [-0.25, -0.2) is 0 Å². The number of anilines is 6. The third-order valence-electron chi connectivity index (χ3n) is 17.6. The standard InChI is InChI=1S/C70H48B2N4/c1-41-37-43(3)62(44(4)38-41)46-34-36-57-53(40-46)66-64-51-26-18-32-61-68(51)71(54-27-13-15-29-58(54)73(61)47-20-7-5-8-21-47)75-56-35-33-45(49-24-12-11-19-42(49)2)39-52(56)65(69(64)75)63-50-25-17-31-60-67(50)72(76(57)70(63)66)55-28-14-16-30-59(55)74(60)48-22-9-6-10-23-48/h5-40H,1-4H3. The highest BCUT2D eigenvalue weighted by atomic mass is 15.2. The average molecular weight is 967 g/mol. The Kier molecular flexibility index (Phi) is 8.42. The average Bonchev–Trinajstić information content (AvgIpc) is 3.69. The van der Waals surface area contributed by atoms with Gasteiger partial charge in [-0.15, -0.1) is 0 Å². The predicted molar refractivity (Wildman–Crippen MR) is 323 cm³/mol. The van der Waals surface area contributed by atoms with E-state index in [9.17, 15) is 0 Å². The molecular formula is C70H48B2N4. The van der Waals surface area contributed by atoms with Gasteiger partial charge in [0, 0.05) is 88.9 Å². The lowest BCUT2D eigenvalue weighted by Crippen LogP contribution is -2.57. The normalized spacial score (nSPS) is 13.4. The molecule has 0 saturated heterocycles. The van der Waals surface area contributed by atoms with Crippen LogP contribution in [0.2, 0.25) is 0 Å². The molecule has 76 heavy (non-hydrogen) atoms. The van der Waals surface area contributed by atoms with Crippen molar-refractivity contribution in [1.82, 2.24) is 8.96 Å². The number of hydrogen-bond acceptors (Lipinski definition) is 2. The monoisotopic (exact) mass is 966 g/mol. The Morgan fingerprint density at radius 1 is 0.329 bits per heavy atom. The second-order valence-corrected chi connectivity index (χ2v) is 21.7. The molecule has 0 amide bonds. The van der Waals surface area contributed by atoms with Crippen molar-refractivity contribution in [3.05, 3.63) is 241 Å². The van der Waals surface area contributed by atoms with E-state index in [0.29, 0.717) is 0 Å². The minimum absolute atomic E-state index is 0.0907. The maximum absolute atomic E-state index is 2.78. The summed E-state index contributed by atoms with van der Waals surface area (Å²) in [5.41, 5.74) is 33.0. The molecule has 6 heterocycles. The lowest BCUT2D eigenvalue weighted by molar-refractivity contribution is 1.25. The maximum atomic E-state index is 2.78. The number of rotatable bonds is 4. The largest absolute Gasteiger partial charge is 0.375 e. The SMILES string of the molecule is Cc1cc(C)c(-c2ccc3c(c2)c2c4c5c(c6c2n3B2c3ccccc3N(c3ccccc3)c3cccc-6c32)c2cc(-c3ccccc3C)ccc2n5B2c3ccccc3N(c3ccccc3)c3cccc-4c32)c(C)c1. The van der Waals surface area contributed by atoms with E-state index in [-0.39, 0.29) is 13.7 Å². The van der Waals surface area contributed by atoms with Crippen molar-refractivity contribution in [2.75, 3.05) is 9.80 Å². The van der Waals surface area contributed by atoms with Gasteiger partial charge >= 0.3 is 13.7 Å². The summed E-state index contributed by atoms with van der Waals surface area (Å²) in [5.74, 6) is 0. The van der Waals surface area contributed by atoms with Crippen LogP contribution in [0.15, 0.2) is 218 Å². The van der Waals surface area contributed by atoms with Crippen LogP contribution in [0.4, 0.5) is 34.1 Å². The van der Waals surface area contributed by atoms with Crippen molar-refractivity contribution in [1.29, 1.82) is 0 Å². The van der Waals surface area contributed by atoms with Crippen molar-refractivity contribution < 1.29 is 0 Å². The van der Waals surface area contributed by atoms with Gasteiger partial charge in [-0.1, -0.05) is 151 Å². The fourth-order valence-electron chi connectivity index (χ4n) is 14.9. The van der Waals surface area contributed by atoms with E-state index >= 15 is 0 Å². The molecule has 0 aliphatic carbocycles. The number of benzene rings is 11. The molecule has 0 N–H and O–H groups in total. The second kappa shape index (κ2) is 15.2. The highest BCUT2D eigenvalue weighted by molar-refractivity contribution is 6.91. The lowest BCUT2D eigenvalue weighted by atomic mass is 9.44. The molecule has 0 unspecified atom stereocenters. The second-order valence-electron chi connectivity index (χ2n) is 21.7. The quantitative estimate of drug-likeness (QED) is 0.163. The molecule has 4 aliphatic heterocycles. The number of nitrogens with zero attached hydrogens (tertiary/aromatic N) is 4. The fraction of sp³-hybridized carbons (Fsp3) is 0.0571. The topological polar surface area (TPSA) is 16.3 Å². The highest BCUT2D eigenvalue weighted by Gasteiger charge is 2.48. The molecule has 17 rings (SSSR count). The molecule has 0 atom stereocenters. The van der Waals surface area contributed by atoms with Gasteiger partial charge in [0.15, 0.2) is 0 Å². The van der Waals surface area contributed by atoms with Gasteiger partial charge in [-0.2, -0.15) is 0 Å². The molecular weight excluding hydrogens is 918 g/mol. The molecule has 0 fully saturated rings. The summed E-state index contributed by atoms with van der Waals surface area (Å²) in [6.07, 6.45) is 0. The van der Waals surface area contributed by atoms with E-state index in [1.165, 1.54) is 155 Å². The number of hydrogen-bond donors (Lipinski definition) is 0. The van der Waals surface area contributed by atoms with E-state index in [1.807, 2.05) is 0 Å². The van der Waals surface area contributed by atoms with E-state index in [2.05, 4.69) is 265 Å². The number of para-hydroxylation sites is 4.